The minimum Gasteiger partial charge on any atom is -0.454 e. The van der Waals surface area contributed by atoms with Gasteiger partial charge in [0.25, 0.3) is 0 Å². The van der Waals surface area contributed by atoms with Crippen LogP contribution >= 0.6 is 23.2 Å². The SMILES string of the molecule is CC(C)(C)C[C@@H]1C2C3=CC(Cl)=C(F)C2[C@@H](C(=O)N3)C(c2cccc(Cl)c2)C2C(=O)O[C@@H](c3ccccc3)[C@@H](c3ccccc3)N21. The quantitative estimate of drug-likeness (QED) is 0.291. The molecule has 3 saturated heterocycles. The number of benzene rings is 3. The number of carbonyl (C=O) groups is 2. The van der Waals surface area contributed by atoms with Gasteiger partial charge in [-0.15, -0.1) is 0 Å². The van der Waals surface area contributed by atoms with Gasteiger partial charge in [-0.05, 0) is 46.7 Å². The summed E-state index contributed by atoms with van der Waals surface area (Å²) in [5, 5.41) is 3.57. The number of nitrogens with zero attached hydrogens (tertiary/aromatic N) is 1. The Morgan fingerprint density at radius 1 is 0.800 bits per heavy atom. The lowest BCUT2D eigenvalue weighted by molar-refractivity contribution is -0.183. The van der Waals surface area contributed by atoms with Crippen LogP contribution in [-0.4, -0.2) is 28.9 Å². The van der Waals surface area contributed by atoms with Crippen LogP contribution in [0.15, 0.2) is 108 Å². The fourth-order valence-corrected chi connectivity index (χ4v) is 8.67. The summed E-state index contributed by atoms with van der Waals surface area (Å²) in [6.45, 7) is 6.45. The number of esters is 1. The van der Waals surface area contributed by atoms with Crippen molar-refractivity contribution in [1.82, 2.24) is 10.2 Å². The average Bonchev–Trinajstić information content (AvgIpc) is 3.11. The molecule has 0 radical (unpaired) electrons. The molecule has 1 N–H and O–H groups in total. The molecule has 45 heavy (non-hydrogen) atoms. The molecule has 3 aromatic carbocycles. The molecule has 3 aliphatic heterocycles. The van der Waals surface area contributed by atoms with Crippen LogP contribution in [-0.2, 0) is 14.3 Å². The van der Waals surface area contributed by atoms with Crippen molar-refractivity contribution in [3.63, 3.8) is 0 Å². The molecule has 1 aliphatic carbocycles. The van der Waals surface area contributed by atoms with Gasteiger partial charge in [-0.2, -0.15) is 0 Å². The van der Waals surface area contributed by atoms with E-state index in [9.17, 15) is 9.59 Å². The number of cyclic esters (lactones) is 1. The molecule has 8 atom stereocenters. The first kappa shape index (κ1) is 30.2. The molecular weight excluding hydrogens is 610 g/mol. The van der Waals surface area contributed by atoms with E-state index in [1.807, 2.05) is 54.6 Å². The maximum atomic E-state index is 16.6. The van der Waals surface area contributed by atoms with Crippen LogP contribution in [0.2, 0.25) is 5.02 Å². The number of hydrogen-bond donors (Lipinski definition) is 1. The van der Waals surface area contributed by atoms with Gasteiger partial charge in [-0.3, -0.25) is 14.5 Å². The van der Waals surface area contributed by atoms with E-state index in [0.29, 0.717) is 22.7 Å². The fourth-order valence-electron chi connectivity index (χ4n) is 8.22. The van der Waals surface area contributed by atoms with Gasteiger partial charge in [0.15, 0.2) is 0 Å². The number of halogens is 3. The number of fused-ring (bicyclic) bond motifs is 1. The van der Waals surface area contributed by atoms with E-state index < -0.39 is 53.7 Å². The van der Waals surface area contributed by atoms with Crippen molar-refractivity contribution < 1.29 is 18.7 Å². The topological polar surface area (TPSA) is 58.6 Å². The zero-order chi connectivity index (χ0) is 31.6. The molecule has 232 valence electrons. The van der Waals surface area contributed by atoms with Crippen molar-refractivity contribution in [3.8, 4) is 0 Å². The first-order valence-corrected chi connectivity index (χ1v) is 16.2. The first-order valence-electron chi connectivity index (χ1n) is 15.4. The standard InChI is InChI=1S/C37H35Cl2FN2O3/c1-37(2,3)19-26-28-25-18-24(39)31(40)29(28)30(35(43)41-25)27(22-15-10-16-23(38)17-22)33-36(44)45-34(21-13-8-5-9-14-21)32(42(26)33)20-11-6-4-7-12-20/h4-18,26-30,32-34H,19H2,1-3H3,(H,41,43)/t26-,27?,28?,29?,30+,32-,33?,34+/m1/s1. The Morgan fingerprint density at radius 3 is 2.09 bits per heavy atom. The largest absolute Gasteiger partial charge is 0.454 e. The minimum absolute atomic E-state index is 0.0141. The Bertz CT molecular complexity index is 1700. The summed E-state index contributed by atoms with van der Waals surface area (Å²) in [5.74, 6) is -4.33. The highest BCUT2D eigenvalue weighted by atomic mass is 35.5. The normalized spacial score (nSPS) is 31.4. The van der Waals surface area contributed by atoms with Crippen LogP contribution in [0, 0.1) is 23.2 Å². The van der Waals surface area contributed by atoms with E-state index in [2.05, 4.69) is 43.1 Å². The van der Waals surface area contributed by atoms with E-state index >= 15 is 4.39 Å². The van der Waals surface area contributed by atoms with Crippen LogP contribution in [0.1, 0.15) is 61.9 Å². The van der Waals surface area contributed by atoms with Gasteiger partial charge in [0.05, 0.1) is 17.0 Å². The van der Waals surface area contributed by atoms with Gasteiger partial charge >= 0.3 is 5.97 Å². The summed E-state index contributed by atoms with van der Waals surface area (Å²) in [4.78, 5) is 31.1. The second-order valence-corrected chi connectivity index (χ2v) is 14.6. The molecule has 0 saturated carbocycles. The monoisotopic (exact) mass is 644 g/mol. The number of ether oxygens (including phenoxy) is 1. The minimum atomic E-state index is -0.936. The molecule has 8 heteroatoms. The number of nitrogens with one attached hydrogen (secondary N) is 1. The number of hydrogen-bond acceptors (Lipinski definition) is 4. The Morgan fingerprint density at radius 2 is 1.44 bits per heavy atom. The third-order valence-corrected chi connectivity index (χ3v) is 10.3. The molecule has 3 aromatic rings. The second-order valence-electron chi connectivity index (χ2n) is 13.8. The van der Waals surface area contributed by atoms with Gasteiger partial charge in [0.2, 0.25) is 5.91 Å². The molecule has 4 bridgehead atoms. The van der Waals surface area contributed by atoms with Gasteiger partial charge in [0.1, 0.15) is 18.0 Å². The Kier molecular flexibility index (Phi) is 7.66. The third-order valence-electron chi connectivity index (χ3n) is 9.77. The number of carbonyl (C=O) groups excluding carboxylic acids is 2. The van der Waals surface area contributed by atoms with Crippen molar-refractivity contribution in [2.45, 2.75) is 57.3 Å². The van der Waals surface area contributed by atoms with E-state index in [4.69, 9.17) is 27.9 Å². The highest BCUT2D eigenvalue weighted by molar-refractivity contribution is 6.31. The Labute approximate surface area is 273 Å². The number of rotatable bonds is 4. The van der Waals surface area contributed by atoms with E-state index in [1.54, 1.807) is 24.3 Å². The maximum Gasteiger partial charge on any atom is 0.324 e. The van der Waals surface area contributed by atoms with Crippen LogP contribution in [0.4, 0.5) is 4.39 Å². The van der Waals surface area contributed by atoms with Crippen molar-refractivity contribution in [2.24, 2.45) is 23.2 Å². The first-order chi connectivity index (χ1) is 21.5. The number of amides is 1. The Hall–Kier alpha value is -3.45. The second kappa shape index (κ2) is 11.4. The predicted molar refractivity (Wildman–Crippen MR) is 173 cm³/mol. The molecule has 3 fully saturated rings. The molecular formula is C37H35Cl2FN2O3. The number of piperidine rings is 1. The van der Waals surface area contributed by atoms with E-state index in [1.165, 1.54) is 0 Å². The van der Waals surface area contributed by atoms with E-state index in [-0.39, 0.29) is 22.4 Å². The van der Waals surface area contributed by atoms with Crippen molar-refractivity contribution in [2.75, 3.05) is 0 Å². The van der Waals surface area contributed by atoms with Crippen molar-refractivity contribution >= 4 is 35.1 Å². The van der Waals surface area contributed by atoms with Crippen LogP contribution in [0.5, 0.6) is 0 Å². The zero-order valence-corrected chi connectivity index (χ0v) is 26.8. The Balaban J connectivity index is 1.55. The smallest absolute Gasteiger partial charge is 0.324 e. The molecule has 1 amide bonds. The lowest BCUT2D eigenvalue weighted by Crippen LogP contribution is -2.59. The van der Waals surface area contributed by atoms with Gasteiger partial charge in [-0.1, -0.05) is 117 Å². The molecule has 5 nitrogen and oxygen atoms in total. The van der Waals surface area contributed by atoms with Crippen LogP contribution < -0.4 is 5.32 Å². The average molecular weight is 646 g/mol. The zero-order valence-electron chi connectivity index (χ0n) is 25.3. The van der Waals surface area contributed by atoms with Crippen LogP contribution in [0.3, 0.4) is 0 Å². The number of morpholine rings is 1. The van der Waals surface area contributed by atoms with E-state index in [0.717, 1.165) is 11.1 Å². The summed E-state index contributed by atoms with van der Waals surface area (Å²) >= 11 is 13.1. The lowest BCUT2D eigenvalue weighted by atomic mass is 9.64. The van der Waals surface area contributed by atoms with Crippen molar-refractivity contribution in [3.05, 3.63) is 129 Å². The molecule has 7 rings (SSSR count). The maximum absolute atomic E-state index is 16.6. The highest BCUT2D eigenvalue weighted by Crippen LogP contribution is 2.59. The molecule has 0 spiro atoms. The third kappa shape index (κ3) is 5.21. The highest BCUT2D eigenvalue weighted by Gasteiger charge is 2.64. The molecule has 4 aliphatic rings. The number of allylic oxidation sites excluding steroid dienone is 3. The van der Waals surface area contributed by atoms with Crippen LogP contribution in [0.25, 0.3) is 0 Å². The summed E-state index contributed by atoms with van der Waals surface area (Å²) < 4.78 is 23.1. The summed E-state index contributed by atoms with van der Waals surface area (Å²) in [7, 11) is 0. The fraction of sp³-hybridized carbons (Fsp3) is 0.351. The summed E-state index contributed by atoms with van der Waals surface area (Å²) in [6.07, 6.45) is 1.54. The van der Waals surface area contributed by atoms with Gasteiger partial charge in [-0.25, -0.2) is 4.39 Å². The van der Waals surface area contributed by atoms with Gasteiger partial charge < -0.3 is 10.1 Å². The molecule has 4 unspecified atom stereocenters. The predicted octanol–water partition coefficient (Wildman–Crippen LogP) is 8.25. The van der Waals surface area contributed by atoms with Gasteiger partial charge in [0, 0.05) is 34.5 Å². The lowest BCUT2D eigenvalue weighted by Gasteiger charge is -2.52. The summed E-state index contributed by atoms with van der Waals surface area (Å²) in [5.41, 5.74) is 2.88. The molecule has 0 aromatic heterocycles. The summed E-state index contributed by atoms with van der Waals surface area (Å²) in [6, 6.07) is 25.3. The van der Waals surface area contributed by atoms with Crippen molar-refractivity contribution in [1.29, 1.82) is 0 Å². The molecule has 3 heterocycles.